The molecule has 2 atom stereocenters. The number of nitrogens with one attached hydrogen (secondary N) is 1. The molecule has 1 saturated heterocycles. The van der Waals surface area contributed by atoms with E-state index in [1.807, 2.05) is 25.1 Å². The number of ether oxygens (including phenoxy) is 1. The van der Waals surface area contributed by atoms with E-state index in [4.69, 9.17) is 9.26 Å². The van der Waals surface area contributed by atoms with Crippen LogP contribution in [0, 0.1) is 6.92 Å². The molecule has 1 aliphatic heterocycles. The fourth-order valence-electron chi connectivity index (χ4n) is 3.96. The van der Waals surface area contributed by atoms with Crippen LogP contribution >= 0.6 is 0 Å². The summed E-state index contributed by atoms with van der Waals surface area (Å²) in [5, 5.41) is 12.6. The summed E-state index contributed by atoms with van der Waals surface area (Å²) >= 11 is 0. The molecule has 1 N–H and O–H groups in total. The van der Waals surface area contributed by atoms with Gasteiger partial charge in [-0.1, -0.05) is 11.2 Å². The first-order valence-electron chi connectivity index (χ1n) is 9.71. The van der Waals surface area contributed by atoms with E-state index < -0.39 is 0 Å². The standard InChI is InChI=1S/C21H22N6O2/c1-12-8-27(9-13(2)29-12)20-7-19(22-11-23-20)21-16-6-15(4-5-18(16)24-25-21)17-10-28-26-14(17)3/h4-7,10-13H,8-9H2,1-3H3,(H,24,25). The number of morpholine rings is 1. The minimum Gasteiger partial charge on any atom is -0.372 e. The minimum atomic E-state index is 0.165. The lowest BCUT2D eigenvalue weighted by molar-refractivity contribution is -0.00546. The van der Waals surface area contributed by atoms with Crippen LogP contribution in [0.4, 0.5) is 5.82 Å². The summed E-state index contributed by atoms with van der Waals surface area (Å²) in [6.45, 7) is 7.71. The topological polar surface area (TPSA) is 93.0 Å². The Bertz CT molecular complexity index is 1160. The van der Waals surface area contributed by atoms with Gasteiger partial charge in [-0.05, 0) is 38.5 Å². The van der Waals surface area contributed by atoms with Crippen molar-refractivity contribution in [1.29, 1.82) is 0 Å². The van der Waals surface area contributed by atoms with Crippen LogP contribution < -0.4 is 4.90 Å². The highest BCUT2D eigenvalue weighted by Gasteiger charge is 2.24. The Morgan fingerprint density at radius 2 is 1.93 bits per heavy atom. The first-order chi connectivity index (χ1) is 14.1. The van der Waals surface area contributed by atoms with Gasteiger partial charge in [0.25, 0.3) is 0 Å². The molecule has 148 valence electrons. The molecule has 8 nitrogen and oxygen atoms in total. The molecule has 5 rings (SSSR count). The minimum absolute atomic E-state index is 0.165. The first kappa shape index (κ1) is 17.8. The van der Waals surface area contributed by atoms with Crippen LogP contribution in [0.5, 0.6) is 0 Å². The molecule has 1 aliphatic rings. The average Bonchev–Trinajstić information content (AvgIpc) is 3.33. The molecular weight excluding hydrogens is 368 g/mol. The summed E-state index contributed by atoms with van der Waals surface area (Å²) in [5.41, 5.74) is 5.39. The van der Waals surface area contributed by atoms with Crippen LogP contribution in [-0.2, 0) is 4.74 Å². The molecule has 0 saturated carbocycles. The second-order valence-corrected chi connectivity index (χ2v) is 7.57. The van der Waals surface area contributed by atoms with E-state index in [9.17, 15) is 0 Å². The van der Waals surface area contributed by atoms with Gasteiger partial charge >= 0.3 is 0 Å². The Morgan fingerprint density at radius 3 is 2.69 bits per heavy atom. The summed E-state index contributed by atoms with van der Waals surface area (Å²) in [6, 6.07) is 8.14. The molecule has 1 fully saturated rings. The Balaban J connectivity index is 1.55. The van der Waals surface area contributed by atoms with Gasteiger partial charge in [0.1, 0.15) is 24.1 Å². The van der Waals surface area contributed by atoms with Crippen LogP contribution in [0.3, 0.4) is 0 Å². The second-order valence-electron chi connectivity index (χ2n) is 7.57. The number of aromatic amines is 1. The molecule has 4 aromatic rings. The van der Waals surface area contributed by atoms with Gasteiger partial charge in [-0.15, -0.1) is 0 Å². The number of nitrogens with zero attached hydrogens (tertiary/aromatic N) is 5. The van der Waals surface area contributed by atoms with E-state index in [2.05, 4.69) is 50.1 Å². The molecule has 2 unspecified atom stereocenters. The summed E-state index contributed by atoms with van der Waals surface area (Å²) in [6.07, 6.45) is 3.60. The Kier molecular flexibility index (Phi) is 4.28. The third-order valence-corrected chi connectivity index (χ3v) is 5.26. The molecule has 1 aromatic carbocycles. The van der Waals surface area contributed by atoms with Gasteiger partial charge in [0.2, 0.25) is 0 Å². The van der Waals surface area contributed by atoms with Crippen molar-refractivity contribution in [2.45, 2.75) is 33.0 Å². The van der Waals surface area contributed by atoms with E-state index in [-0.39, 0.29) is 12.2 Å². The lowest BCUT2D eigenvalue weighted by Crippen LogP contribution is -2.45. The van der Waals surface area contributed by atoms with Gasteiger partial charge in [-0.25, -0.2) is 9.97 Å². The molecule has 8 heteroatoms. The molecule has 0 bridgehead atoms. The van der Waals surface area contributed by atoms with Crippen molar-refractivity contribution in [1.82, 2.24) is 25.3 Å². The predicted octanol–water partition coefficient (Wildman–Crippen LogP) is 3.60. The number of fused-ring (bicyclic) bond motifs is 1. The number of benzene rings is 1. The molecule has 4 heterocycles. The fourth-order valence-corrected chi connectivity index (χ4v) is 3.96. The molecule has 0 radical (unpaired) electrons. The Labute approximate surface area is 167 Å². The monoisotopic (exact) mass is 390 g/mol. The lowest BCUT2D eigenvalue weighted by atomic mass is 10.0. The average molecular weight is 390 g/mol. The number of hydrogen-bond donors (Lipinski definition) is 1. The van der Waals surface area contributed by atoms with Crippen molar-refractivity contribution in [2.24, 2.45) is 0 Å². The van der Waals surface area contributed by atoms with Crippen LogP contribution in [0.25, 0.3) is 33.4 Å². The van der Waals surface area contributed by atoms with Crippen molar-refractivity contribution in [3.63, 3.8) is 0 Å². The fraction of sp³-hybridized carbons (Fsp3) is 0.333. The highest BCUT2D eigenvalue weighted by Crippen LogP contribution is 2.31. The van der Waals surface area contributed by atoms with Gasteiger partial charge in [0.15, 0.2) is 0 Å². The van der Waals surface area contributed by atoms with Crippen LogP contribution in [0.15, 0.2) is 41.4 Å². The maximum atomic E-state index is 5.84. The highest BCUT2D eigenvalue weighted by molar-refractivity contribution is 5.95. The van der Waals surface area contributed by atoms with Crippen molar-refractivity contribution >= 4 is 16.7 Å². The molecular formula is C21H22N6O2. The normalized spacial score (nSPS) is 19.8. The van der Waals surface area contributed by atoms with Gasteiger partial charge in [-0.2, -0.15) is 5.10 Å². The maximum absolute atomic E-state index is 5.84. The van der Waals surface area contributed by atoms with Crippen molar-refractivity contribution in [2.75, 3.05) is 18.0 Å². The zero-order valence-corrected chi connectivity index (χ0v) is 16.6. The maximum Gasteiger partial charge on any atom is 0.132 e. The van der Waals surface area contributed by atoms with Crippen LogP contribution in [0.1, 0.15) is 19.5 Å². The number of aryl methyl sites for hydroxylation is 1. The predicted molar refractivity (Wildman–Crippen MR) is 110 cm³/mol. The zero-order chi connectivity index (χ0) is 20.0. The number of rotatable bonds is 3. The first-order valence-corrected chi connectivity index (χ1v) is 9.71. The molecule has 29 heavy (non-hydrogen) atoms. The van der Waals surface area contributed by atoms with Gasteiger partial charge < -0.3 is 14.2 Å². The Morgan fingerprint density at radius 1 is 1.10 bits per heavy atom. The highest BCUT2D eigenvalue weighted by atomic mass is 16.5. The van der Waals surface area contributed by atoms with Crippen molar-refractivity contribution < 1.29 is 9.26 Å². The molecule has 0 amide bonds. The van der Waals surface area contributed by atoms with Crippen molar-refractivity contribution in [3.8, 4) is 22.5 Å². The zero-order valence-electron chi connectivity index (χ0n) is 16.6. The van der Waals surface area contributed by atoms with Crippen LogP contribution in [0.2, 0.25) is 0 Å². The smallest absolute Gasteiger partial charge is 0.132 e. The third kappa shape index (κ3) is 3.25. The van der Waals surface area contributed by atoms with Gasteiger partial charge in [0.05, 0.1) is 29.1 Å². The number of hydrogen-bond acceptors (Lipinski definition) is 7. The van der Waals surface area contributed by atoms with Gasteiger partial charge in [-0.3, -0.25) is 5.10 Å². The summed E-state index contributed by atoms with van der Waals surface area (Å²) in [5.74, 6) is 0.888. The lowest BCUT2D eigenvalue weighted by Gasteiger charge is -2.36. The molecule has 0 aliphatic carbocycles. The van der Waals surface area contributed by atoms with E-state index in [1.165, 1.54) is 0 Å². The van der Waals surface area contributed by atoms with E-state index in [1.54, 1.807) is 12.6 Å². The largest absolute Gasteiger partial charge is 0.372 e. The summed E-state index contributed by atoms with van der Waals surface area (Å²) in [4.78, 5) is 11.2. The molecule has 3 aromatic heterocycles. The van der Waals surface area contributed by atoms with Crippen molar-refractivity contribution in [3.05, 3.63) is 42.5 Å². The Hall–Kier alpha value is -3.26. The van der Waals surface area contributed by atoms with Gasteiger partial charge in [0, 0.05) is 30.1 Å². The SMILES string of the molecule is Cc1nocc1-c1ccc2[nH]nc(-c3cc(N4CC(C)OC(C)C4)ncn3)c2c1. The summed E-state index contributed by atoms with van der Waals surface area (Å²) < 4.78 is 10.9. The van der Waals surface area contributed by atoms with Crippen LogP contribution in [-0.4, -0.2) is 50.6 Å². The number of aromatic nitrogens is 5. The quantitative estimate of drug-likeness (QED) is 0.571. The van der Waals surface area contributed by atoms with E-state index in [0.29, 0.717) is 0 Å². The van der Waals surface area contributed by atoms with E-state index >= 15 is 0 Å². The number of anilines is 1. The van der Waals surface area contributed by atoms with E-state index in [0.717, 1.165) is 58.0 Å². The molecule has 0 spiro atoms. The third-order valence-electron chi connectivity index (χ3n) is 5.26. The second kappa shape index (κ2) is 6.97. The number of H-pyrrole nitrogens is 1. The summed E-state index contributed by atoms with van der Waals surface area (Å²) in [7, 11) is 0.